The smallest absolute Gasteiger partial charge is 0.249 e. The van der Waals surface area contributed by atoms with Crippen molar-refractivity contribution in [2.75, 3.05) is 32.3 Å². The zero-order valence-electron chi connectivity index (χ0n) is 18.7. The molecule has 0 saturated carbocycles. The fourth-order valence-corrected chi connectivity index (χ4v) is 3.82. The lowest BCUT2D eigenvalue weighted by molar-refractivity contribution is 0.260. The Morgan fingerprint density at radius 2 is 1.64 bits per heavy atom. The molecule has 0 spiro atoms. The first kappa shape index (κ1) is 24.4. The second-order valence-electron chi connectivity index (χ2n) is 7.36. The highest BCUT2D eigenvalue weighted by atomic mass is 32.2. The highest BCUT2D eigenvalue weighted by molar-refractivity contribution is 7.90. The Morgan fingerprint density at radius 3 is 2.27 bits per heavy atom. The number of aliphatic hydroxyl groups excluding tert-OH is 2. The van der Waals surface area contributed by atoms with Crippen LogP contribution >= 0.6 is 0 Å². The number of anilines is 1. The zero-order valence-corrected chi connectivity index (χ0v) is 19.5. The summed E-state index contributed by atoms with van der Waals surface area (Å²) < 4.78 is 34.9. The lowest BCUT2D eigenvalue weighted by atomic mass is 10.0. The third-order valence-electron chi connectivity index (χ3n) is 5.05. The van der Waals surface area contributed by atoms with Crippen LogP contribution in [0.3, 0.4) is 0 Å². The van der Waals surface area contributed by atoms with E-state index in [1.807, 2.05) is 18.2 Å². The van der Waals surface area contributed by atoms with E-state index >= 15 is 0 Å². The van der Waals surface area contributed by atoms with Gasteiger partial charge in [0.15, 0.2) is 11.5 Å². The van der Waals surface area contributed by atoms with Gasteiger partial charge in [0.05, 0.1) is 33.1 Å². The number of benzene rings is 2. The van der Waals surface area contributed by atoms with E-state index in [0.717, 1.165) is 11.8 Å². The number of aromatic nitrogens is 2. The normalized spacial score (nSPS) is 11.3. The van der Waals surface area contributed by atoms with Gasteiger partial charge in [-0.05, 0) is 41.3 Å². The van der Waals surface area contributed by atoms with Gasteiger partial charge in [0.2, 0.25) is 15.0 Å². The van der Waals surface area contributed by atoms with Gasteiger partial charge in [0, 0.05) is 24.4 Å². The van der Waals surface area contributed by atoms with E-state index in [-0.39, 0.29) is 18.4 Å². The van der Waals surface area contributed by atoms with Crippen molar-refractivity contribution in [3.63, 3.8) is 0 Å². The van der Waals surface area contributed by atoms with Crippen molar-refractivity contribution in [1.29, 1.82) is 0 Å². The summed E-state index contributed by atoms with van der Waals surface area (Å²) in [5, 5.41) is 21.9. The van der Waals surface area contributed by atoms with Crippen molar-refractivity contribution in [1.82, 2.24) is 9.97 Å². The van der Waals surface area contributed by atoms with Crippen LogP contribution in [0.2, 0.25) is 0 Å². The monoisotopic (exact) mass is 473 g/mol. The minimum absolute atomic E-state index is 0.211. The van der Waals surface area contributed by atoms with Crippen molar-refractivity contribution in [2.24, 2.45) is 0 Å². The van der Waals surface area contributed by atoms with Gasteiger partial charge in [-0.15, -0.1) is 0 Å². The number of ether oxygens (including phenoxy) is 2. The molecule has 1 aromatic heterocycles. The van der Waals surface area contributed by atoms with Crippen LogP contribution in [0.1, 0.15) is 16.7 Å². The number of sulfone groups is 1. The van der Waals surface area contributed by atoms with Gasteiger partial charge in [-0.2, -0.15) is 0 Å². The van der Waals surface area contributed by atoms with E-state index in [0.29, 0.717) is 52.7 Å². The Balaban J connectivity index is 1.87. The third kappa shape index (κ3) is 5.98. The van der Waals surface area contributed by atoms with Gasteiger partial charge < -0.3 is 25.0 Å². The quantitative estimate of drug-likeness (QED) is 0.379. The van der Waals surface area contributed by atoms with E-state index in [1.54, 1.807) is 38.5 Å². The van der Waals surface area contributed by atoms with Gasteiger partial charge in [-0.1, -0.05) is 18.2 Å². The van der Waals surface area contributed by atoms with Crippen molar-refractivity contribution >= 4 is 15.7 Å². The van der Waals surface area contributed by atoms with Gasteiger partial charge in [0.1, 0.15) is 5.82 Å². The molecule has 0 amide bonds. The van der Waals surface area contributed by atoms with Gasteiger partial charge in [-0.3, -0.25) is 0 Å². The molecule has 176 valence electrons. The minimum atomic E-state index is -3.66. The fourth-order valence-electron chi connectivity index (χ4n) is 3.29. The Morgan fingerprint density at radius 1 is 0.909 bits per heavy atom. The van der Waals surface area contributed by atoms with Crippen LogP contribution in [0.5, 0.6) is 11.5 Å². The molecule has 0 bridgehead atoms. The van der Waals surface area contributed by atoms with Crippen molar-refractivity contribution in [3.8, 4) is 22.8 Å². The average Bonchev–Trinajstić information content (AvgIpc) is 2.82. The molecule has 0 aliphatic carbocycles. The van der Waals surface area contributed by atoms with Crippen LogP contribution < -0.4 is 14.8 Å². The van der Waals surface area contributed by atoms with Crippen LogP contribution in [0, 0.1) is 0 Å². The van der Waals surface area contributed by atoms with E-state index < -0.39 is 9.84 Å². The number of nitrogens with one attached hydrogen (secondary N) is 1. The SMILES string of the molecule is COc1ccc(CCNc2cc(-c3ccc(CO)c(CO)c3)nc(S(C)(=O)=O)n2)cc1OC. The van der Waals surface area contributed by atoms with Crippen molar-refractivity contribution < 1.29 is 28.1 Å². The zero-order chi connectivity index (χ0) is 24.0. The van der Waals surface area contributed by atoms with E-state index in [4.69, 9.17) is 9.47 Å². The molecule has 33 heavy (non-hydrogen) atoms. The Kier molecular flexibility index (Phi) is 7.85. The molecule has 9 nitrogen and oxygen atoms in total. The average molecular weight is 474 g/mol. The Bertz CT molecular complexity index is 1230. The van der Waals surface area contributed by atoms with Crippen LogP contribution in [0.4, 0.5) is 5.82 Å². The summed E-state index contributed by atoms with van der Waals surface area (Å²) >= 11 is 0. The second kappa shape index (κ2) is 10.6. The molecule has 0 fully saturated rings. The predicted molar refractivity (Wildman–Crippen MR) is 124 cm³/mol. The largest absolute Gasteiger partial charge is 0.493 e. The molecule has 0 atom stereocenters. The summed E-state index contributed by atoms with van der Waals surface area (Å²) in [5.74, 6) is 1.63. The standard InChI is InChI=1S/C23H27N3O6S/c1-31-20-7-4-15(10-21(20)32-2)8-9-24-22-12-19(25-23(26-22)33(3,29)30)16-5-6-17(13-27)18(11-16)14-28/h4-7,10-12,27-28H,8-9,13-14H2,1-3H3,(H,24,25,26). The number of hydrogen-bond donors (Lipinski definition) is 3. The molecule has 0 saturated heterocycles. The Labute approximate surface area is 193 Å². The molecule has 1 heterocycles. The lowest BCUT2D eigenvalue weighted by Gasteiger charge is -2.12. The summed E-state index contributed by atoms with van der Waals surface area (Å²) in [5.41, 5.74) is 3.12. The molecular weight excluding hydrogens is 446 g/mol. The minimum Gasteiger partial charge on any atom is -0.493 e. The molecule has 2 aromatic carbocycles. The van der Waals surface area contributed by atoms with E-state index in [9.17, 15) is 18.6 Å². The Hall–Kier alpha value is -3.21. The van der Waals surface area contributed by atoms with E-state index in [1.165, 1.54) is 0 Å². The summed E-state index contributed by atoms with van der Waals surface area (Å²) in [6.07, 6.45) is 1.68. The molecule has 10 heteroatoms. The predicted octanol–water partition coefficient (Wildman–Crippen LogP) is 2.20. The number of aliphatic hydroxyl groups is 2. The molecular formula is C23H27N3O6S. The molecule has 3 rings (SSSR count). The molecule has 0 unspecified atom stereocenters. The van der Waals surface area contributed by atoms with Gasteiger partial charge >= 0.3 is 0 Å². The maximum Gasteiger partial charge on any atom is 0.249 e. The topological polar surface area (TPSA) is 131 Å². The second-order valence-corrected chi connectivity index (χ2v) is 9.27. The number of rotatable bonds is 10. The molecule has 0 aliphatic rings. The first-order valence-corrected chi connectivity index (χ1v) is 12.1. The van der Waals surface area contributed by atoms with Crippen LogP contribution in [-0.4, -0.2) is 55.6 Å². The molecule has 0 aliphatic heterocycles. The van der Waals surface area contributed by atoms with Gasteiger partial charge in [-0.25, -0.2) is 18.4 Å². The first-order chi connectivity index (χ1) is 15.8. The van der Waals surface area contributed by atoms with Crippen molar-refractivity contribution in [3.05, 3.63) is 59.2 Å². The maximum atomic E-state index is 12.2. The van der Waals surface area contributed by atoms with Gasteiger partial charge in [0.25, 0.3) is 0 Å². The van der Waals surface area contributed by atoms with Crippen LogP contribution in [0.15, 0.2) is 47.6 Å². The summed E-state index contributed by atoms with van der Waals surface area (Å²) in [6.45, 7) is 0.0160. The van der Waals surface area contributed by atoms with Crippen LogP contribution in [-0.2, 0) is 29.5 Å². The fraction of sp³-hybridized carbons (Fsp3) is 0.304. The molecule has 3 N–H and O–H groups in total. The number of nitrogens with zero attached hydrogens (tertiary/aromatic N) is 2. The maximum absolute atomic E-state index is 12.2. The van der Waals surface area contributed by atoms with Crippen molar-refractivity contribution in [2.45, 2.75) is 24.8 Å². The van der Waals surface area contributed by atoms with Crippen LogP contribution in [0.25, 0.3) is 11.3 Å². The molecule has 0 radical (unpaired) electrons. The summed E-state index contributed by atoms with van der Waals surface area (Å²) in [7, 11) is -0.511. The summed E-state index contributed by atoms with van der Waals surface area (Å²) in [6, 6.07) is 12.3. The molecule has 3 aromatic rings. The third-order valence-corrected chi connectivity index (χ3v) is 5.89. The highest BCUT2D eigenvalue weighted by Crippen LogP contribution is 2.28. The highest BCUT2D eigenvalue weighted by Gasteiger charge is 2.16. The lowest BCUT2D eigenvalue weighted by Crippen LogP contribution is -2.11. The van der Waals surface area contributed by atoms with E-state index in [2.05, 4.69) is 15.3 Å². The summed E-state index contributed by atoms with van der Waals surface area (Å²) in [4.78, 5) is 8.35. The number of methoxy groups -OCH3 is 2. The number of hydrogen-bond acceptors (Lipinski definition) is 9. The first-order valence-electron chi connectivity index (χ1n) is 10.2.